The number of hydrogen-bond acceptors (Lipinski definition) is 3. The second kappa shape index (κ2) is 5.82. The van der Waals surface area contributed by atoms with Crippen molar-refractivity contribution in [3.05, 3.63) is 0 Å². The minimum Gasteiger partial charge on any atom is -0.381 e. The molecule has 1 spiro atoms. The minimum absolute atomic E-state index is 0.301. The van der Waals surface area contributed by atoms with E-state index in [2.05, 4.69) is 31.0 Å². The van der Waals surface area contributed by atoms with Crippen LogP contribution >= 0.6 is 0 Å². The van der Waals surface area contributed by atoms with Gasteiger partial charge in [-0.3, -0.25) is 4.90 Å². The number of nitrogens with one attached hydrogen (secondary N) is 1. The lowest BCUT2D eigenvalue weighted by Gasteiger charge is -2.61. The lowest BCUT2D eigenvalue weighted by atomic mass is 9.62. The highest BCUT2D eigenvalue weighted by atomic mass is 16.5. The summed E-state index contributed by atoms with van der Waals surface area (Å²) >= 11 is 0. The van der Waals surface area contributed by atoms with E-state index in [1.165, 1.54) is 58.0 Å². The quantitative estimate of drug-likeness (QED) is 0.865. The van der Waals surface area contributed by atoms with Crippen LogP contribution in [0.1, 0.15) is 65.7 Å². The van der Waals surface area contributed by atoms with E-state index in [4.69, 9.17) is 4.74 Å². The van der Waals surface area contributed by atoms with E-state index in [0.29, 0.717) is 29.1 Å². The van der Waals surface area contributed by atoms with Gasteiger partial charge in [0.2, 0.25) is 0 Å². The molecular weight excluding hydrogens is 260 g/mol. The van der Waals surface area contributed by atoms with E-state index in [1.807, 2.05) is 7.11 Å². The molecule has 3 atom stereocenters. The molecule has 0 aromatic heterocycles. The van der Waals surface area contributed by atoms with E-state index in [-0.39, 0.29) is 0 Å². The molecule has 1 aliphatic heterocycles. The smallest absolute Gasteiger partial charge is 0.0652 e. The normalized spacial score (nSPS) is 39.1. The van der Waals surface area contributed by atoms with E-state index in [0.717, 1.165) is 0 Å². The van der Waals surface area contributed by atoms with E-state index in [1.54, 1.807) is 0 Å². The molecule has 0 bridgehead atoms. The molecule has 21 heavy (non-hydrogen) atoms. The summed E-state index contributed by atoms with van der Waals surface area (Å²) < 4.78 is 5.69. The minimum atomic E-state index is 0.301. The zero-order valence-corrected chi connectivity index (χ0v) is 14.5. The Kier molecular flexibility index (Phi) is 4.37. The average molecular weight is 294 g/mol. The fraction of sp³-hybridized carbons (Fsp3) is 1.00. The molecule has 0 amide bonds. The molecule has 3 heteroatoms. The Labute approximate surface area is 130 Å². The van der Waals surface area contributed by atoms with Crippen LogP contribution in [-0.4, -0.2) is 48.8 Å². The van der Waals surface area contributed by atoms with Gasteiger partial charge in [-0.2, -0.15) is 0 Å². The molecule has 2 aliphatic carbocycles. The third-order valence-electron chi connectivity index (χ3n) is 6.76. The van der Waals surface area contributed by atoms with Gasteiger partial charge in [0.1, 0.15) is 0 Å². The molecule has 3 nitrogen and oxygen atoms in total. The standard InChI is InChI=1S/C18H34N2O/c1-5-14-12-19-18(9-7-6-8-10-18)13-20(14)15-11-16(21-4)17(15,2)3/h14-16,19H,5-13H2,1-4H3. The van der Waals surface area contributed by atoms with E-state index < -0.39 is 0 Å². The Morgan fingerprint density at radius 3 is 2.48 bits per heavy atom. The molecule has 2 saturated carbocycles. The van der Waals surface area contributed by atoms with Gasteiger partial charge in [-0.1, -0.05) is 40.0 Å². The fourth-order valence-corrected chi connectivity index (χ4v) is 5.12. The number of nitrogens with zero attached hydrogens (tertiary/aromatic N) is 1. The Balaban J connectivity index is 1.74. The van der Waals surface area contributed by atoms with Gasteiger partial charge >= 0.3 is 0 Å². The van der Waals surface area contributed by atoms with Gasteiger partial charge in [0, 0.05) is 43.2 Å². The summed E-state index contributed by atoms with van der Waals surface area (Å²) in [7, 11) is 1.88. The highest BCUT2D eigenvalue weighted by Crippen LogP contribution is 2.48. The van der Waals surface area contributed by atoms with Crippen molar-refractivity contribution in [1.29, 1.82) is 0 Å². The zero-order valence-electron chi connectivity index (χ0n) is 14.5. The van der Waals surface area contributed by atoms with Crippen LogP contribution in [-0.2, 0) is 4.74 Å². The molecule has 1 saturated heterocycles. The maximum absolute atomic E-state index is 5.69. The van der Waals surface area contributed by atoms with Crippen molar-refractivity contribution in [2.24, 2.45) is 5.41 Å². The number of methoxy groups -OCH3 is 1. The summed E-state index contributed by atoms with van der Waals surface area (Å²) in [4.78, 5) is 2.86. The Morgan fingerprint density at radius 1 is 1.19 bits per heavy atom. The van der Waals surface area contributed by atoms with Gasteiger partial charge in [-0.05, 0) is 25.7 Å². The highest BCUT2D eigenvalue weighted by Gasteiger charge is 2.54. The lowest BCUT2D eigenvalue weighted by molar-refractivity contribution is -0.159. The van der Waals surface area contributed by atoms with Crippen LogP contribution in [0.15, 0.2) is 0 Å². The summed E-state index contributed by atoms with van der Waals surface area (Å²) in [5, 5.41) is 3.95. The molecule has 0 aromatic carbocycles. The molecule has 122 valence electrons. The summed E-state index contributed by atoms with van der Waals surface area (Å²) in [6.07, 6.45) is 9.92. The van der Waals surface area contributed by atoms with Crippen molar-refractivity contribution >= 4 is 0 Å². The number of ether oxygens (including phenoxy) is 1. The first-order valence-corrected chi connectivity index (χ1v) is 9.06. The third-order valence-corrected chi connectivity index (χ3v) is 6.76. The molecular formula is C18H34N2O. The van der Waals surface area contributed by atoms with Crippen LogP contribution in [0.3, 0.4) is 0 Å². The summed E-state index contributed by atoms with van der Waals surface area (Å²) in [5.74, 6) is 0. The predicted octanol–water partition coefficient (Wildman–Crippen LogP) is 3.19. The summed E-state index contributed by atoms with van der Waals surface area (Å²) in [6.45, 7) is 9.59. The van der Waals surface area contributed by atoms with Crippen molar-refractivity contribution in [3.8, 4) is 0 Å². The molecule has 3 fully saturated rings. The molecule has 0 aromatic rings. The van der Waals surface area contributed by atoms with Gasteiger partial charge in [-0.15, -0.1) is 0 Å². The first kappa shape index (κ1) is 15.8. The van der Waals surface area contributed by atoms with Crippen molar-refractivity contribution < 1.29 is 4.74 Å². The fourth-order valence-electron chi connectivity index (χ4n) is 5.12. The van der Waals surface area contributed by atoms with Gasteiger partial charge < -0.3 is 10.1 Å². The average Bonchev–Trinajstić information content (AvgIpc) is 2.48. The molecule has 3 rings (SSSR count). The monoisotopic (exact) mass is 294 g/mol. The molecule has 1 heterocycles. The van der Waals surface area contributed by atoms with Crippen molar-refractivity contribution in [2.75, 3.05) is 20.2 Å². The third kappa shape index (κ3) is 2.66. The van der Waals surface area contributed by atoms with E-state index in [9.17, 15) is 0 Å². The first-order chi connectivity index (χ1) is 10.0. The number of piperazine rings is 1. The van der Waals surface area contributed by atoms with Crippen LogP contribution in [0.25, 0.3) is 0 Å². The molecule has 3 unspecified atom stereocenters. The predicted molar refractivity (Wildman–Crippen MR) is 87.6 cm³/mol. The van der Waals surface area contributed by atoms with Gasteiger partial charge in [0.25, 0.3) is 0 Å². The molecule has 0 radical (unpaired) electrons. The van der Waals surface area contributed by atoms with Crippen LogP contribution in [0.2, 0.25) is 0 Å². The first-order valence-electron chi connectivity index (χ1n) is 9.06. The van der Waals surface area contributed by atoms with Crippen molar-refractivity contribution in [2.45, 2.75) is 89.4 Å². The maximum atomic E-state index is 5.69. The van der Waals surface area contributed by atoms with Crippen LogP contribution in [0, 0.1) is 5.41 Å². The Hall–Kier alpha value is -0.120. The molecule has 1 N–H and O–H groups in total. The number of rotatable bonds is 3. The maximum Gasteiger partial charge on any atom is 0.0652 e. The largest absolute Gasteiger partial charge is 0.381 e. The highest BCUT2D eigenvalue weighted by molar-refractivity contribution is 5.09. The van der Waals surface area contributed by atoms with Crippen LogP contribution in [0.5, 0.6) is 0 Å². The topological polar surface area (TPSA) is 24.5 Å². The molecule has 3 aliphatic rings. The Bertz CT molecular complexity index is 362. The van der Waals surface area contributed by atoms with E-state index >= 15 is 0 Å². The second-order valence-electron chi connectivity index (χ2n) is 8.25. The second-order valence-corrected chi connectivity index (χ2v) is 8.25. The van der Waals surface area contributed by atoms with Crippen LogP contribution < -0.4 is 5.32 Å². The van der Waals surface area contributed by atoms with Crippen LogP contribution in [0.4, 0.5) is 0 Å². The van der Waals surface area contributed by atoms with Crippen molar-refractivity contribution in [1.82, 2.24) is 10.2 Å². The lowest BCUT2D eigenvalue weighted by Crippen LogP contribution is -2.72. The van der Waals surface area contributed by atoms with Crippen molar-refractivity contribution in [3.63, 3.8) is 0 Å². The Morgan fingerprint density at radius 2 is 1.90 bits per heavy atom. The van der Waals surface area contributed by atoms with Gasteiger partial charge in [0.15, 0.2) is 0 Å². The van der Waals surface area contributed by atoms with Gasteiger partial charge in [-0.25, -0.2) is 0 Å². The summed E-state index contributed by atoms with van der Waals surface area (Å²) in [6, 6.07) is 1.41. The zero-order chi connectivity index (χ0) is 15.1. The SMILES string of the molecule is CCC1CNC2(CCCCC2)CN1C1CC(OC)C1(C)C. The number of hydrogen-bond donors (Lipinski definition) is 1. The summed E-state index contributed by atoms with van der Waals surface area (Å²) in [5.41, 5.74) is 0.716. The van der Waals surface area contributed by atoms with Gasteiger partial charge in [0.05, 0.1) is 6.10 Å².